The summed E-state index contributed by atoms with van der Waals surface area (Å²) >= 11 is 0. The lowest BCUT2D eigenvalue weighted by Crippen LogP contribution is -2.45. The van der Waals surface area contributed by atoms with Gasteiger partial charge in [0.05, 0.1) is 0 Å². The molecule has 1 fully saturated rings. The van der Waals surface area contributed by atoms with Crippen LogP contribution in [0, 0.1) is 0 Å². The number of amides is 1. The Balaban J connectivity index is 1.39. The van der Waals surface area contributed by atoms with E-state index in [0.717, 1.165) is 38.4 Å². The molecule has 1 aliphatic rings. The zero-order valence-corrected chi connectivity index (χ0v) is 17.9. The summed E-state index contributed by atoms with van der Waals surface area (Å²) < 4.78 is 0. The van der Waals surface area contributed by atoms with Gasteiger partial charge in [-0.3, -0.25) is 4.79 Å². The number of nitrogens with zero attached hydrogens (tertiary/aromatic N) is 4. The first-order valence-electron chi connectivity index (χ1n) is 10.8. The maximum absolute atomic E-state index is 12.8. The summed E-state index contributed by atoms with van der Waals surface area (Å²) in [4.78, 5) is 25.8. The van der Waals surface area contributed by atoms with Crippen molar-refractivity contribution in [2.24, 2.45) is 0 Å². The summed E-state index contributed by atoms with van der Waals surface area (Å²) in [5.41, 5.74) is 2.92. The van der Waals surface area contributed by atoms with Crippen LogP contribution in [0.25, 0.3) is 0 Å². The van der Waals surface area contributed by atoms with Crippen LogP contribution in [-0.2, 0) is 0 Å². The van der Waals surface area contributed by atoms with Gasteiger partial charge < -0.3 is 15.1 Å². The third-order valence-electron chi connectivity index (χ3n) is 5.84. The van der Waals surface area contributed by atoms with Crippen molar-refractivity contribution in [1.29, 1.82) is 0 Å². The fourth-order valence-electron chi connectivity index (χ4n) is 4.00. The normalized spacial score (nSPS) is 14.6. The largest absolute Gasteiger partial charge is 0.354 e. The van der Waals surface area contributed by atoms with Crippen molar-refractivity contribution in [1.82, 2.24) is 20.2 Å². The smallest absolute Gasteiger partial charge is 0.270 e. The highest BCUT2D eigenvalue weighted by Gasteiger charge is 2.18. The lowest BCUT2D eigenvalue weighted by molar-refractivity contribution is 0.0947. The molecule has 2 aromatic carbocycles. The van der Waals surface area contributed by atoms with Crippen LogP contribution in [0.3, 0.4) is 0 Å². The van der Waals surface area contributed by atoms with E-state index >= 15 is 0 Å². The highest BCUT2D eigenvalue weighted by Crippen LogP contribution is 2.27. The summed E-state index contributed by atoms with van der Waals surface area (Å²) in [6.07, 6.45) is 2.30. The number of hydrogen-bond donors (Lipinski definition) is 1. The Bertz CT molecular complexity index is 932. The number of carbonyl (C=O) groups excluding carboxylic acids is 1. The van der Waals surface area contributed by atoms with Crippen molar-refractivity contribution in [3.8, 4) is 0 Å². The van der Waals surface area contributed by atoms with E-state index in [4.69, 9.17) is 0 Å². The molecular formula is C25H29N5O. The Morgan fingerprint density at radius 1 is 0.935 bits per heavy atom. The second kappa shape index (κ2) is 10.2. The number of likely N-dealkylation sites (N-methyl/N-ethyl adjacent to an activating group) is 1. The molecule has 6 heteroatoms. The van der Waals surface area contributed by atoms with Crippen LogP contribution in [0.4, 0.5) is 5.82 Å². The molecule has 0 atom stereocenters. The molecule has 0 radical (unpaired) electrons. The Morgan fingerprint density at radius 3 is 2.16 bits per heavy atom. The molecular weight excluding hydrogens is 386 g/mol. The van der Waals surface area contributed by atoms with Crippen LogP contribution >= 0.6 is 0 Å². The molecule has 1 N–H and O–H groups in total. The first-order valence-corrected chi connectivity index (χ1v) is 10.8. The molecule has 2 heterocycles. The van der Waals surface area contributed by atoms with Crippen molar-refractivity contribution in [3.05, 3.63) is 89.9 Å². The minimum atomic E-state index is -0.155. The zero-order valence-electron chi connectivity index (χ0n) is 17.9. The molecule has 31 heavy (non-hydrogen) atoms. The van der Waals surface area contributed by atoms with Crippen molar-refractivity contribution in [2.75, 3.05) is 44.7 Å². The van der Waals surface area contributed by atoms with Gasteiger partial charge in [0.15, 0.2) is 0 Å². The van der Waals surface area contributed by atoms with Gasteiger partial charge in [0.2, 0.25) is 0 Å². The molecule has 1 aliphatic heterocycles. The van der Waals surface area contributed by atoms with Crippen LogP contribution in [-0.4, -0.2) is 60.5 Å². The van der Waals surface area contributed by atoms with Gasteiger partial charge in [-0.1, -0.05) is 60.7 Å². The number of aromatic nitrogens is 2. The van der Waals surface area contributed by atoms with Crippen molar-refractivity contribution in [3.63, 3.8) is 0 Å². The molecule has 6 nitrogen and oxygen atoms in total. The lowest BCUT2D eigenvalue weighted by Gasteiger charge is -2.33. The number of nitrogens with one attached hydrogen (secondary N) is 1. The molecule has 4 rings (SSSR count). The van der Waals surface area contributed by atoms with Crippen LogP contribution in [0.2, 0.25) is 0 Å². The maximum atomic E-state index is 12.8. The van der Waals surface area contributed by atoms with Gasteiger partial charge in [-0.2, -0.15) is 0 Å². The van der Waals surface area contributed by atoms with Crippen LogP contribution in [0.5, 0.6) is 0 Å². The fourth-order valence-corrected chi connectivity index (χ4v) is 4.00. The summed E-state index contributed by atoms with van der Waals surface area (Å²) in [5, 5.41) is 3.05. The van der Waals surface area contributed by atoms with Crippen LogP contribution in [0.1, 0.15) is 34.0 Å². The molecule has 1 saturated heterocycles. The maximum Gasteiger partial charge on any atom is 0.270 e. The number of benzene rings is 2. The zero-order chi connectivity index (χ0) is 21.5. The van der Waals surface area contributed by atoms with Gasteiger partial charge >= 0.3 is 0 Å². The highest BCUT2D eigenvalue weighted by molar-refractivity contribution is 5.92. The average Bonchev–Trinajstić information content (AvgIpc) is 2.83. The van der Waals surface area contributed by atoms with Crippen LogP contribution in [0.15, 0.2) is 73.1 Å². The van der Waals surface area contributed by atoms with Gasteiger partial charge in [0.1, 0.15) is 17.8 Å². The summed E-state index contributed by atoms with van der Waals surface area (Å²) in [6.45, 7) is 4.37. The molecule has 0 aliphatic carbocycles. The minimum Gasteiger partial charge on any atom is -0.354 e. The predicted octanol–water partition coefficient (Wildman–Crippen LogP) is 3.18. The summed E-state index contributed by atoms with van der Waals surface area (Å²) in [5.74, 6) is 0.895. The van der Waals surface area contributed by atoms with E-state index in [9.17, 15) is 4.79 Å². The van der Waals surface area contributed by atoms with E-state index in [-0.39, 0.29) is 11.8 Å². The second-order valence-corrected chi connectivity index (χ2v) is 7.97. The molecule has 1 aromatic heterocycles. The van der Waals surface area contributed by atoms with Crippen molar-refractivity contribution >= 4 is 11.7 Å². The topological polar surface area (TPSA) is 61.4 Å². The Labute approximate surface area is 183 Å². The second-order valence-electron chi connectivity index (χ2n) is 7.97. The standard InChI is InChI=1S/C25H29N5O/c1-29-14-16-30(17-15-29)24-18-23(27-19-28-24)25(31)26-13-12-22(20-8-4-2-5-9-20)21-10-6-3-7-11-21/h2-11,18-19,22H,12-17H2,1H3,(H,26,31). The molecule has 0 bridgehead atoms. The van der Waals surface area contributed by atoms with E-state index in [1.165, 1.54) is 17.5 Å². The van der Waals surface area contributed by atoms with Crippen LogP contribution < -0.4 is 10.2 Å². The van der Waals surface area contributed by atoms with E-state index in [1.807, 2.05) is 12.1 Å². The lowest BCUT2D eigenvalue weighted by atomic mass is 9.88. The van der Waals surface area contributed by atoms with E-state index in [0.29, 0.717) is 12.2 Å². The Morgan fingerprint density at radius 2 is 1.55 bits per heavy atom. The predicted molar refractivity (Wildman–Crippen MR) is 123 cm³/mol. The van der Waals surface area contributed by atoms with E-state index in [2.05, 4.69) is 80.7 Å². The molecule has 0 spiro atoms. The first kappa shape index (κ1) is 21.0. The van der Waals surface area contributed by atoms with Gasteiger partial charge in [0.25, 0.3) is 5.91 Å². The monoisotopic (exact) mass is 415 g/mol. The van der Waals surface area contributed by atoms with E-state index in [1.54, 1.807) is 6.07 Å². The van der Waals surface area contributed by atoms with Gasteiger partial charge in [0, 0.05) is 44.7 Å². The van der Waals surface area contributed by atoms with E-state index < -0.39 is 0 Å². The SMILES string of the molecule is CN1CCN(c2cc(C(=O)NCCC(c3ccccc3)c3ccccc3)ncn2)CC1. The summed E-state index contributed by atoms with van der Waals surface area (Å²) in [6, 6.07) is 22.7. The highest BCUT2D eigenvalue weighted by atomic mass is 16.1. The fraction of sp³-hybridized carbons (Fsp3) is 0.320. The number of hydrogen-bond acceptors (Lipinski definition) is 5. The number of rotatable bonds is 7. The molecule has 160 valence electrons. The summed E-state index contributed by atoms with van der Waals surface area (Å²) in [7, 11) is 2.12. The minimum absolute atomic E-state index is 0.155. The third kappa shape index (κ3) is 5.47. The molecule has 3 aromatic rings. The van der Waals surface area contributed by atoms with Gasteiger partial charge in [-0.05, 0) is 24.6 Å². The Kier molecular flexibility index (Phi) is 6.89. The van der Waals surface area contributed by atoms with Gasteiger partial charge in [-0.15, -0.1) is 0 Å². The average molecular weight is 416 g/mol. The van der Waals surface area contributed by atoms with Crippen molar-refractivity contribution in [2.45, 2.75) is 12.3 Å². The quantitative estimate of drug-likeness (QED) is 0.642. The first-order chi connectivity index (χ1) is 15.2. The molecule has 1 amide bonds. The van der Waals surface area contributed by atoms with Crippen molar-refractivity contribution < 1.29 is 4.79 Å². The molecule has 0 unspecified atom stereocenters. The van der Waals surface area contributed by atoms with Gasteiger partial charge in [-0.25, -0.2) is 9.97 Å². The number of anilines is 1. The Hall–Kier alpha value is -3.25. The number of piperazine rings is 1. The number of carbonyl (C=O) groups is 1. The third-order valence-corrected chi connectivity index (χ3v) is 5.84. The molecule has 0 saturated carbocycles.